The standard InChI is InChI=1S/C22H19FN4O3/c1-29-17-8-9-20(30-2)19(13-17)25-21(28)18-14-24-27(16-7-5-6-15(23)12-16)22(18)26-10-3-4-11-26/h3-14H,1-2H3,(H,25,28). The van der Waals surface area contributed by atoms with Gasteiger partial charge in [0.25, 0.3) is 5.91 Å². The number of halogens is 1. The Bertz CT molecular complexity index is 1190. The fourth-order valence-corrected chi connectivity index (χ4v) is 3.12. The van der Waals surface area contributed by atoms with Gasteiger partial charge in [-0.25, -0.2) is 9.07 Å². The number of hydrogen-bond acceptors (Lipinski definition) is 4. The molecule has 30 heavy (non-hydrogen) atoms. The first-order valence-corrected chi connectivity index (χ1v) is 9.11. The number of benzene rings is 2. The zero-order chi connectivity index (χ0) is 21.1. The molecule has 2 aromatic heterocycles. The highest BCUT2D eigenvalue weighted by Crippen LogP contribution is 2.30. The lowest BCUT2D eigenvalue weighted by atomic mass is 10.2. The van der Waals surface area contributed by atoms with Crippen LogP contribution in [0, 0.1) is 5.82 Å². The minimum atomic E-state index is -0.395. The SMILES string of the molecule is COc1ccc(OC)c(NC(=O)c2cnn(-c3cccc(F)c3)c2-n2cccc2)c1. The van der Waals surface area contributed by atoms with E-state index in [0.29, 0.717) is 34.3 Å². The molecule has 0 aliphatic rings. The van der Waals surface area contributed by atoms with E-state index in [4.69, 9.17) is 9.47 Å². The van der Waals surface area contributed by atoms with Crippen molar-refractivity contribution in [3.05, 3.63) is 84.6 Å². The molecule has 0 fully saturated rings. The maximum absolute atomic E-state index is 13.8. The Morgan fingerprint density at radius 1 is 1.03 bits per heavy atom. The van der Waals surface area contributed by atoms with E-state index >= 15 is 0 Å². The molecule has 4 aromatic rings. The summed E-state index contributed by atoms with van der Waals surface area (Å²) in [5.74, 6) is 0.753. The van der Waals surface area contributed by atoms with Crippen molar-refractivity contribution in [2.45, 2.75) is 0 Å². The number of rotatable bonds is 6. The molecule has 4 rings (SSSR count). The monoisotopic (exact) mass is 406 g/mol. The molecule has 2 heterocycles. The summed E-state index contributed by atoms with van der Waals surface area (Å²) in [4.78, 5) is 13.2. The lowest BCUT2D eigenvalue weighted by molar-refractivity contribution is 0.102. The van der Waals surface area contributed by atoms with Crippen LogP contribution < -0.4 is 14.8 Å². The number of nitrogens with zero attached hydrogens (tertiary/aromatic N) is 3. The van der Waals surface area contributed by atoms with Crippen molar-refractivity contribution in [3.8, 4) is 23.0 Å². The van der Waals surface area contributed by atoms with Gasteiger partial charge in [-0.05, 0) is 42.5 Å². The van der Waals surface area contributed by atoms with Crippen molar-refractivity contribution in [3.63, 3.8) is 0 Å². The van der Waals surface area contributed by atoms with Crippen LogP contribution in [0.25, 0.3) is 11.5 Å². The minimum Gasteiger partial charge on any atom is -0.497 e. The van der Waals surface area contributed by atoms with Crippen LogP contribution in [-0.4, -0.2) is 34.5 Å². The molecular formula is C22H19FN4O3. The molecular weight excluding hydrogens is 387 g/mol. The van der Waals surface area contributed by atoms with Crippen LogP contribution in [0.3, 0.4) is 0 Å². The smallest absolute Gasteiger partial charge is 0.261 e. The van der Waals surface area contributed by atoms with Gasteiger partial charge in [0.05, 0.1) is 31.8 Å². The van der Waals surface area contributed by atoms with Crippen molar-refractivity contribution in [2.75, 3.05) is 19.5 Å². The average Bonchev–Trinajstić information content (AvgIpc) is 3.43. The van der Waals surface area contributed by atoms with E-state index in [1.54, 1.807) is 54.4 Å². The van der Waals surface area contributed by atoms with E-state index in [2.05, 4.69) is 10.4 Å². The van der Waals surface area contributed by atoms with Gasteiger partial charge in [-0.2, -0.15) is 5.10 Å². The third-order valence-electron chi connectivity index (χ3n) is 4.55. The topological polar surface area (TPSA) is 70.3 Å². The van der Waals surface area contributed by atoms with Crippen LogP contribution in [0.2, 0.25) is 0 Å². The van der Waals surface area contributed by atoms with E-state index in [9.17, 15) is 9.18 Å². The van der Waals surface area contributed by atoms with Crippen LogP contribution in [-0.2, 0) is 0 Å². The van der Waals surface area contributed by atoms with Crippen molar-refractivity contribution < 1.29 is 18.7 Å². The summed E-state index contributed by atoms with van der Waals surface area (Å²) in [6.45, 7) is 0. The van der Waals surface area contributed by atoms with Gasteiger partial charge >= 0.3 is 0 Å². The largest absolute Gasteiger partial charge is 0.497 e. The number of anilines is 1. The molecule has 0 radical (unpaired) electrons. The summed E-state index contributed by atoms with van der Waals surface area (Å²) in [5.41, 5.74) is 1.26. The Kier molecular flexibility index (Phi) is 5.21. The molecule has 0 saturated carbocycles. The molecule has 0 saturated heterocycles. The van der Waals surface area contributed by atoms with Crippen LogP contribution in [0.5, 0.6) is 11.5 Å². The van der Waals surface area contributed by atoms with Crippen molar-refractivity contribution >= 4 is 11.6 Å². The summed E-state index contributed by atoms with van der Waals surface area (Å²) in [5, 5.41) is 7.18. The van der Waals surface area contributed by atoms with E-state index in [1.807, 2.05) is 12.1 Å². The molecule has 152 valence electrons. The molecule has 0 atom stereocenters. The lowest BCUT2D eigenvalue weighted by Gasteiger charge is -2.13. The third-order valence-corrected chi connectivity index (χ3v) is 4.55. The van der Waals surface area contributed by atoms with Crippen LogP contribution >= 0.6 is 0 Å². The quantitative estimate of drug-likeness (QED) is 0.524. The molecule has 0 spiro atoms. The number of methoxy groups -OCH3 is 2. The highest BCUT2D eigenvalue weighted by molar-refractivity contribution is 6.07. The van der Waals surface area contributed by atoms with Gasteiger partial charge in [-0.15, -0.1) is 0 Å². The highest BCUT2D eigenvalue weighted by atomic mass is 19.1. The van der Waals surface area contributed by atoms with Crippen molar-refractivity contribution in [2.24, 2.45) is 0 Å². The second-order valence-corrected chi connectivity index (χ2v) is 6.38. The summed E-state index contributed by atoms with van der Waals surface area (Å²) < 4.78 is 27.6. The predicted octanol–water partition coefficient (Wildman–Crippen LogP) is 4.07. The van der Waals surface area contributed by atoms with Gasteiger partial charge in [-0.3, -0.25) is 4.79 Å². The Labute approximate surface area is 172 Å². The van der Waals surface area contributed by atoms with E-state index in [1.165, 1.54) is 30.1 Å². The normalized spacial score (nSPS) is 10.6. The lowest BCUT2D eigenvalue weighted by Crippen LogP contribution is -2.16. The molecule has 2 aromatic carbocycles. The fraction of sp³-hybridized carbons (Fsp3) is 0.0909. The maximum atomic E-state index is 13.8. The maximum Gasteiger partial charge on any atom is 0.261 e. The summed E-state index contributed by atoms with van der Waals surface area (Å²) in [6.07, 6.45) is 5.02. The molecule has 0 bridgehead atoms. The Hall–Kier alpha value is -4.07. The summed E-state index contributed by atoms with van der Waals surface area (Å²) in [6, 6.07) is 14.8. The average molecular weight is 406 g/mol. The van der Waals surface area contributed by atoms with Crippen molar-refractivity contribution in [1.29, 1.82) is 0 Å². The van der Waals surface area contributed by atoms with Gasteiger partial charge in [0.15, 0.2) is 5.82 Å². The molecule has 1 N–H and O–H groups in total. The number of nitrogens with one attached hydrogen (secondary N) is 1. The van der Waals surface area contributed by atoms with Gasteiger partial charge in [0, 0.05) is 18.5 Å². The number of ether oxygens (including phenoxy) is 2. The zero-order valence-corrected chi connectivity index (χ0v) is 16.4. The molecule has 0 aliphatic heterocycles. The summed E-state index contributed by atoms with van der Waals surface area (Å²) in [7, 11) is 3.06. The number of hydrogen-bond donors (Lipinski definition) is 1. The first-order valence-electron chi connectivity index (χ1n) is 9.11. The first kappa shape index (κ1) is 19.3. The molecule has 1 amide bonds. The number of aromatic nitrogens is 3. The zero-order valence-electron chi connectivity index (χ0n) is 16.4. The number of carbonyl (C=O) groups excluding carboxylic acids is 1. The molecule has 0 aliphatic carbocycles. The minimum absolute atomic E-state index is 0.306. The number of amides is 1. The summed E-state index contributed by atoms with van der Waals surface area (Å²) >= 11 is 0. The molecule has 0 unspecified atom stereocenters. The molecule has 8 heteroatoms. The van der Waals surface area contributed by atoms with Gasteiger partial charge in [-0.1, -0.05) is 6.07 Å². The Morgan fingerprint density at radius 3 is 2.53 bits per heavy atom. The van der Waals surface area contributed by atoms with E-state index in [-0.39, 0.29) is 0 Å². The highest BCUT2D eigenvalue weighted by Gasteiger charge is 2.21. The Balaban J connectivity index is 1.77. The van der Waals surface area contributed by atoms with Gasteiger partial charge < -0.3 is 19.4 Å². The van der Waals surface area contributed by atoms with Crippen molar-refractivity contribution in [1.82, 2.24) is 14.3 Å². The number of carbonyl (C=O) groups is 1. The predicted molar refractivity (Wildman–Crippen MR) is 110 cm³/mol. The third kappa shape index (κ3) is 3.62. The Morgan fingerprint density at radius 2 is 1.83 bits per heavy atom. The van der Waals surface area contributed by atoms with Gasteiger partial charge in [0.1, 0.15) is 22.9 Å². The van der Waals surface area contributed by atoms with Crippen LogP contribution in [0.1, 0.15) is 10.4 Å². The van der Waals surface area contributed by atoms with E-state index < -0.39 is 11.7 Å². The fourth-order valence-electron chi connectivity index (χ4n) is 3.12. The van der Waals surface area contributed by atoms with Crippen LogP contribution in [0.15, 0.2) is 73.2 Å². The first-order chi connectivity index (χ1) is 14.6. The van der Waals surface area contributed by atoms with Gasteiger partial charge in [0.2, 0.25) is 0 Å². The van der Waals surface area contributed by atoms with Crippen LogP contribution in [0.4, 0.5) is 10.1 Å². The van der Waals surface area contributed by atoms with E-state index in [0.717, 1.165) is 0 Å². The molecule has 7 nitrogen and oxygen atoms in total. The second kappa shape index (κ2) is 8.12. The second-order valence-electron chi connectivity index (χ2n) is 6.38.